The number of fused-ring (bicyclic) bond motifs is 1. The van der Waals surface area contributed by atoms with Crippen molar-refractivity contribution in [2.75, 3.05) is 51.3 Å². The summed E-state index contributed by atoms with van der Waals surface area (Å²) < 4.78 is 27.0. The number of nitrogens with one attached hydrogen (secondary N) is 1. The lowest BCUT2D eigenvalue weighted by atomic mass is 10.0. The summed E-state index contributed by atoms with van der Waals surface area (Å²) in [7, 11) is -1.75. The normalized spacial score (nSPS) is 15.6. The number of benzene rings is 2. The SMILES string of the molecule is CN1CCN(c2ccc3cc(-c4ccc(/C=C(\C#N)S(=O)(=O)NCCCO)s4)ccc3c2)CC1. The van der Waals surface area contributed by atoms with Crippen molar-refractivity contribution in [1.82, 2.24) is 9.62 Å². The summed E-state index contributed by atoms with van der Waals surface area (Å²) in [4.78, 5) is 6.11. The molecule has 178 valence electrons. The van der Waals surface area contributed by atoms with Gasteiger partial charge in [0.1, 0.15) is 6.07 Å². The first-order chi connectivity index (χ1) is 16.4. The molecule has 1 aliphatic heterocycles. The Balaban J connectivity index is 1.54. The van der Waals surface area contributed by atoms with Crippen molar-refractivity contribution in [1.29, 1.82) is 5.26 Å². The molecule has 0 amide bonds. The summed E-state index contributed by atoms with van der Waals surface area (Å²) in [5.41, 5.74) is 2.29. The lowest BCUT2D eigenvalue weighted by Crippen LogP contribution is -2.44. The highest BCUT2D eigenvalue weighted by Crippen LogP contribution is 2.33. The Hall–Kier alpha value is -2.74. The number of nitrogens with zero attached hydrogens (tertiary/aromatic N) is 3. The maximum Gasteiger partial charge on any atom is 0.250 e. The highest BCUT2D eigenvalue weighted by molar-refractivity contribution is 7.93. The van der Waals surface area contributed by atoms with Crippen molar-refractivity contribution < 1.29 is 13.5 Å². The average molecular weight is 497 g/mol. The smallest absolute Gasteiger partial charge is 0.250 e. The quantitative estimate of drug-likeness (QED) is 0.366. The van der Waals surface area contributed by atoms with E-state index in [4.69, 9.17) is 5.11 Å². The topological polar surface area (TPSA) is 96.7 Å². The van der Waals surface area contributed by atoms with E-state index in [-0.39, 0.29) is 18.1 Å². The van der Waals surface area contributed by atoms with Gasteiger partial charge in [0.2, 0.25) is 0 Å². The standard InChI is InChI=1S/C25H28N4O3S2/c1-28-10-12-29(13-11-28)22-6-5-19-15-21(4-3-20(19)16-22)25-8-7-23(33-25)17-24(18-26)34(31,32)27-9-2-14-30/h3-8,15-17,27,30H,2,9-14H2,1H3/b24-17+. The Bertz CT molecular complexity index is 1330. The molecule has 4 rings (SSSR count). The molecule has 34 heavy (non-hydrogen) atoms. The summed E-state index contributed by atoms with van der Waals surface area (Å²) in [6.45, 7) is 4.16. The minimum atomic E-state index is -3.90. The summed E-state index contributed by atoms with van der Waals surface area (Å²) >= 11 is 1.44. The number of aliphatic hydroxyl groups is 1. The largest absolute Gasteiger partial charge is 0.396 e. The third kappa shape index (κ3) is 5.66. The Morgan fingerprint density at radius 1 is 1.12 bits per heavy atom. The molecule has 1 aliphatic rings. The van der Waals surface area contributed by atoms with Gasteiger partial charge in [-0.05, 0) is 66.2 Å². The molecule has 0 atom stereocenters. The predicted octanol–water partition coefficient (Wildman–Crippen LogP) is 3.49. The van der Waals surface area contributed by atoms with E-state index in [2.05, 4.69) is 58.0 Å². The lowest BCUT2D eigenvalue weighted by Gasteiger charge is -2.34. The maximum atomic E-state index is 12.3. The fraction of sp³-hybridized carbons (Fsp3) is 0.320. The van der Waals surface area contributed by atoms with Crippen LogP contribution in [0.25, 0.3) is 27.3 Å². The molecule has 1 aromatic heterocycles. The third-order valence-electron chi connectivity index (χ3n) is 5.90. The number of rotatable bonds is 8. The number of anilines is 1. The van der Waals surface area contributed by atoms with E-state index >= 15 is 0 Å². The van der Waals surface area contributed by atoms with Crippen molar-refractivity contribution in [3.8, 4) is 16.5 Å². The van der Waals surface area contributed by atoms with Crippen molar-refractivity contribution >= 4 is 43.9 Å². The van der Waals surface area contributed by atoms with Gasteiger partial charge in [-0.2, -0.15) is 5.26 Å². The van der Waals surface area contributed by atoms with E-state index < -0.39 is 10.0 Å². The molecule has 7 nitrogen and oxygen atoms in total. The molecule has 2 N–H and O–H groups in total. The number of sulfonamides is 1. The van der Waals surface area contributed by atoms with Crippen LogP contribution < -0.4 is 9.62 Å². The van der Waals surface area contributed by atoms with Gasteiger partial charge in [0.05, 0.1) is 0 Å². The van der Waals surface area contributed by atoms with Crippen molar-refractivity contribution in [2.45, 2.75) is 6.42 Å². The van der Waals surface area contributed by atoms with Crippen LogP contribution in [-0.2, 0) is 10.0 Å². The first-order valence-corrected chi connectivity index (χ1v) is 13.5. The molecule has 0 spiro atoms. The first kappa shape index (κ1) is 24.4. The van der Waals surface area contributed by atoms with Crippen LogP contribution >= 0.6 is 11.3 Å². The van der Waals surface area contributed by atoms with E-state index in [1.165, 1.54) is 28.5 Å². The molecule has 0 saturated carbocycles. The minimum Gasteiger partial charge on any atom is -0.396 e. The van der Waals surface area contributed by atoms with Gasteiger partial charge in [-0.25, -0.2) is 13.1 Å². The minimum absolute atomic E-state index is 0.0845. The molecule has 0 bridgehead atoms. The van der Waals surface area contributed by atoms with E-state index in [0.717, 1.165) is 42.0 Å². The Morgan fingerprint density at radius 2 is 1.85 bits per heavy atom. The van der Waals surface area contributed by atoms with Crippen LogP contribution in [0.3, 0.4) is 0 Å². The van der Waals surface area contributed by atoms with Crippen molar-refractivity contribution in [3.63, 3.8) is 0 Å². The third-order valence-corrected chi connectivity index (χ3v) is 8.36. The second kappa shape index (κ2) is 10.7. The Labute approximate surface area is 204 Å². The zero-order chi connectivity index (χ0) is 24.1. The molecule has 9 heteroatoms. The monoisotopic (exact) mass is 496 g/mol. The second-order valence-corrected chi connectivity index (χ2v) is 11.2. The molecule has 1 fully saturated rings. The van der Waals surface area contributed by atoms with Gasteiger partial charge in [0, 0.05) is 54.8 Å². The Kier molecular flexibility index (Phi) is 7.66. The van der Waals surface area contributed by atoms with Gasteiger partial charge in [-0.15, -0.1) is 11.3 Å². The molecule has 0 radical (unpaired) electrons. The summed E-state index contributed by atoms with van der Waals surface area (Å²) in [5.74, 6) is 0. The molecular formula is C25H28N4O3S2. The fourth-order valence-electron chi connectivity index (χ4n) is 3.90. The zero-order valence-corrected chi connectivity index (χ0v) is 20.7. The van der Waals surface area contributed by atoms with Crippen molar-refractivity contribution in [2.24, 2.45) is 0 Å². The van der Waals surface area contributed by atoms with E-state index in [1.54, 1.807) is 6.07 Å². The lowest BCUT2D eigenvalue weighted by molar-refractivity contribution is 0.289. The molecule has 0 aliphatic carbocycles. The highest BCUT2D eigenvalue weighted by atomic mass is 32.2. The number of thiophene rings is 1. The number of piperazine rings is 1. The van der Waals surface area contributed by atoms with Crippen LogP contribution in [0.15, 0.2) is 53.4 Å². The van der Waals surface area contributed by atoms with Gasteiger partial charge >= 0.3 is 0 Å². The van der Waals surface area contributed by atoms with Crippen LogP contribution in [0.2, 0.25) is 0 Å². The molecule has 2 heterocycles. The number of hydrogen-bond acceptors (Lipinski definition) is 7. The molecular weight excluding hydrogens is 468 g/mol. The van der Waals surface area contributed by atoms with E-state index in [9.17, 15) is 13.7 Å². The van der Waals surface area contributed by atoms with Gasteiger partial charge in [0.25, 0.3) is 10.0 Å². The van der Waals surface area contributed by atoms with Crippen LogP contribution in [0.4, 0.5) is 5.69 Å². The van der Waals surface area contributed by atoms with E-state index in [1.807, 2.05) is 12.1 Å². The van der Waals surface area contributed by atoms with Crippen LogP contribution in [0, 0.1) is 11.3 Å². The first-order valence-electron chi connectivity index (χ1n) is 11.2. The molecule has 3 aromatic rings. The van der Waals surface area contributed by atoms with Crippen LogP contribution in [0.1, 0.15) is 11.3 Å². The van der Waals surface area contributed by atoms with Gasteiger partial charge < -0.3 is 14.9 Å². The molecule has 1 saturated heterocycles. The second-order valence-electron chi connectivity index (χ2n) is 8.33. The zero-order valence-electron chi connectivity index (χ0n) is 19.1. The predicted molar refractivity (Wildman–Crippen MR) is 139 cm³/mol. The number of aliphatic hydroxyl groups excluding tert-OH is 1. The van der Waals surface area contributed by atoms with Gasteiger partial charge in [-0.3, -0.25) is 0 Å². The number of allylic oxidation sites excluding steroid dienone is 1. The maximum absolute atomic E-state index is 12.3. The van der Waals surface area contributed by atoms with E-state index in [0.29, 0.717) is 11.3 Å². The molecule has 0 unspecified atom stereocenters. The van der Waals surface area contributed by atoms with Gasteiger partial charge in [-0.1, -0.05) is 18.2 Å². The highest BCUT2D eigenvalue weighted by Gasteiger charge is 2.18. The summed E-state index contributed by atoms with van der Waals surface area (Å²) in [6, 6.07) is 18.4. The number of hydrogen-bond donors (Lipinski definition) is 2. The van der Waals surface area contributed by atoms with Gasteiger partial charge in [0.15, 0.2) is 4.91 Å². The molecule has 2 aromatic carbocycles. The summed E-state index contributed by atoms with van der Waals surface area (Å²) in [6.07, 6.45) is 1.68. The Morgan fingerprint density at radius 3 is 2.59 bits per heavy atom. The number of likely N-dealkylation sites (N-methyl/N-ethyl adjacent to an activating group) is 1. The number of nitriles is 1. The average Bonchev–Trinajstić information content (AvgIpc) is 3.31. The van der Waals surface area contributed by atoms with Crippen LogP contribution in [0.5, 0.6) is 0 Å². The van der Waals surface area contributed by atoms with Crippen LogP contribution in [-0.4, -0.2) is 64.8 Å². The van der Waals surface area contributed by atoms with Crippen molar-refractivity contribution in [3.05, 3.63) is 58.3 Å². The fourth-order valence-corrected chi connectivity index (χ4v) is 5.89. The summed E-state index contributed by atoms with van der Waals surface area (Å²) in [5, 5.41) is 20.5.